The molecule has 0 aliphatic rings. The van der Waals surface area contributed by atoms with E-state index in [2.05, 4.69) is 69.4 Å². The number of allylic oxidation sites excluding steroid dienone is 8. The van der Waals surface area contributed by atoms with Crippen LogP contribution in [-0.2, 0) is 28.6 Å². The van der Waals surface area contributed by atoms with Crippen molar-refractivity contribution < 1.29 is 28.6 Å². The molecule has 0 aliphatic carbocycles. The quantitative estimate of drug-likeness (QED) is 0.0261. The van der Waals surface area contributed by atoms with Crippen LogP contribution in [0.15, 0.2) is 48.6 Å². The molecule has 0 radical (unpaired) electrons. The second-order valence-electron chi connectivity index (χ2n) is 20.6. The van der Waals surface area contributed by atoms with Crippen molar-refractivity contribution in [1.29, 1.82) is 0 Å². The SMILES string of the molecule is CCCCCCC/C=C\C/C=C\C/C=C\CCCCCCCCC(=O)OC(COC(=O)CCCCCCCC)COC(=O)CCCCCCCCCCCCCCC/C=C\CCCCCCCCCC. The summed E-state index contributed by atoms with van der Waals surface area (Å²) < 4.78 is 16.8. The maximum Gasteiger partial charge on any atom is 0.306 e. The minimum atomic E-state index is -0.776. The predicted octanol–water partition coefficient (Wildman–Crippen LogP) is 20.6. The highest BCUT2D eigenvalue weighted by Gasteiger charge is 2.19. The molecule has 0 spiro atoms. The van der Waals surface area contributed by atoms with Gasteiger partial charge >= 0.3 is 17.9 Å². The van der Waals surface area contributed by atoms with Crippen LogP contribution in [0, 0.1) is 0 Å². The summed E-state index contributed by atoms with van der Waals surface area (Å²) in [6.45, 7) is 6.59. The standard InChI is InChI=1S/C64H116O6/c1-4-7-10-13-16-18-20-22-24-26-28-30-31-32-33-35-36-38-40-42-44-46-48-51-54-57-63(66)69-60-61(59-68-62(65)56-53-50-15-12-9-6-3)70-64(67)58-55-52-49-47-45-43-41-39-37-34-29-27-25-23-21-19-17-14-11-8-5-2/h21,23,26-29,37,39,61H,4-20,22,24-25,30-36,38,40-60H2,1-3H3/b23-21-,28-26-,29-27-,39-37-. The molecule has 0 aromatic carbocycles. The molecule has 0 aliphatic heterocycles. The lowest BCUT2D eigenvalue weighted by Crippen LogP contribution is -2.30. The van der Waals surface area contributed by atoms with Crippen molar-refractivity contribution in [2.75, 3.05) is 13.2 Å². The van der Waals surface area contributed by atoms with Crippen LogP contribution < -0.4 is 0 Å². The predicted molar refractivity (Wildman–Crippen MR) is 302 cm³/mol. The van der Waals surface area contributed by atoms with E-state index in [1.165, 1.54) is 205 Å². The van der Waals surface area contributed by atoms with Crippen molar-refractivity contribution in [2.24, 2.45) is 0 Å². The summed E-state index contributed by atoms with van der Waals surface area (Å²) in [6.07, 6.45) is 72.9. The monoisotopic (exact) mass is 981 g/mol. The maximum absolute atomic E-state index is 12.8. The van der Waals surface area contributed by atoms with Gasteiger partial charge in [0.25, 0.3) is 0 Å². The Morgan fingerprint density at radius 1 is 0.286 bits per heavy atom. The van der Waals surface area contributed by atoms with Gasteiger partial charge in [-0.2, -0.15) is 0 Å². The van der Waals surface area contributed by atoms with Crippen molar-refractivity contribution in [3.05, 3.63) is 48.6 Å². The van der Waals surface area contributed by atoms with E-state index in [-0.39, 0.29) is 31.1 Å². The Morgan fingerprint density at radius 3 is 0.814 bits per heavy atom. The first-order chi connectivity index (χ1) is 34.5. The molecule has 0 heterocycles. The van der Waals surface area contributed by atoms with Gasteiger partial charge in [-0.15, -0.1) is 0 Å². The molecule has 408 valence electrons. The summed E-state index contributed by atoms with van der Waals surface area (Å²) in [7, 11) is 0. The summed E-state index contributed by atoms with van der Waals surface area (Å²) in [5.74, 6) is -0.885. The Balaban J connectivity index is 4.11. The summed E-state index contributed by atoms with van der Waals surface area (Å²) in [5, 5.41) is 0. The highest BCUT2D eigenvalue weighted by atomic mass is 16.6. The second kappa shape index (κ2) is 58.9. The molecule has 0 aromatic heterocycles. The van der Waals surface area contributed by atoms with Crippen molar-refractivity contribution in [3.63, 3.8) is 0 Å². The molecule has 1 atom stereocenters. The molecule has 0 bridgehead atoms. The minimum absolute atomic E-state index is 0.0763. The number of carbonyl (C=O) groups is 3. The number of hydrogen-bond acceptors (Lipinski definition) is 6. The zero-order valence-electron chi connectivity index (χ0n) is 46.8. The van der Waals surface area contributed by atoms with Gasteiger partial charge in [0.05, 0.1) is 0 Å². The van der Waals surface area contributed by atoms with Crippen molar-refractivity contribution in [3.8, 4) is 0 Å². The first kappa shape index (κ1) is 67.4. The largest absolute Gasteiger partial charge is 0.462 e. The summed E-state index contributed by atoms with van der Waals surface area (Å²) >= 11 is 0. The van der Waals surface area contributed by atoms with Crippen LogP contribution in [0.5, 0.6) is 0 Å². The number of hydrogen-bond donors (Lipinski definition) is 0. The van der Waals surface area contributed by atoms with Gasteiger partial charge in [-0.3, -0.25) is 14.4 Å². The summed E-state index contributed by atoms with van der Waals surface area (Å²) in [5.41, 5.74) is 0. The zero-order valence-corrected chi connectivity index (χ0v) is 46.8. The van der Waals surface area contributed by atoms with Crippen molar-refractivity contribution in [1.82, 2.24) is 0 Å². The smallest absolute Gasteiger partial charge is 0.306 e. The molecule has 6 heteroatoms. The van der Waals surface area contributed by atoms with Crippen LogP contribution in [-0.4, -0.2) is 37.2 Å². The maximum atomic E-state index is 12.8. The fourth-order valence-corrected chi connectivity index (χ4v) is 8.92. The van der Waals surface area contributed by atoms with E-state index >= 15 is 0 Å². The van der Waals surface area contributed by atoms with E-state index < -0.39 is 6.10 Å². The van der Waals surface area contributed by atoms with E-state index in [1.807, 2.05) is 0 Å². The first-order valence-electron chi connectivity index (χ1n) is 30.6. The number of carbonyl (C=O) groups excluding carboxylic acids is 3. The van der Waals surface area contributed by atoms with Gasteiger partial charge in [0.1, 0.15) is 13.2 Å². The van der Waals surface area contributed by atoms with Crippen LogP contribution in [0.1, 0.15) is 323 Å². The highest BCUT2D eigenvalue weighted by molar-refractivity contribution is 5.71. The average molecular weight is 982 g/mol. The van der Waals surface area contributed by atoms with Gasteiger partial charge in [0.2, 0.25) is 0 Å². The fraction of sp³-hybridized carbons (Fsp3) is 0.828. The molecular weight excluding hydrogens is 865 g/mol. The van der Waals surface area contributed by atoms with Crippen LogP contribution in [0.25, 0.3) is 0 Å². The Kier molecular flexibility index (Phi) is 56.7. The highest BCUT2D eigenvalue weighted by Crippen LogP contribution is 2.16. The van der Waals surface area contributed by atoms with E-state index in [0.717, 1.165) is 77.0 Å². The van der Waals surface area contributed by atoms with Gasteiger partial charge in [-0.05, 0) is 83.5 Å². The molecule has 0 rings (SSSR count). The lowest BCUT2D eigenvalue weighted by Gasteiger charge is -2.18. The van der Waals surface area contributed by atoms with Crippen molar-refractivity contribution in [2.45, 2.75) is 329 Å². The molecule has 1 unspecified atom stereocenters. The average Bonchev–Trinajstić information content (AvgIpc) is 3.36. The third-order valence-corrected chi connectivity index (χ3v) is 13.6. The van der Waals surface area contributed by atoms with E-state index in [0.29, 0.717) is 19.3 Å². The third-order valence-electron chi connectivity index (χ3n) is 13.6. The lowest BCUT2D eigenvalue weighted by molar-refractivity contribution is -0.167. The molecule has 0 saturated heterocycles. The molecule has 0 N–H and O–H groups in total. The Morgan fingerprint density at radius 2 is 0.514 bits per heavy atom. The molecule has 0 amide bonds. The second-order valence-corrected chi connectivity index (χ2v) is 20.6. The zero-order chi connectivity index (χ0) is 50.7. The lowest BCUT2D eigenvalue weighted by atomic mass is 10.0. The van der Waals surface area contributed by atoms with E-state index in [9.17, 15) is 14.4 Å². The molecular formula is C64H116O6. The topological polar surface area (TPSA) is 78.9 Å². The summed E-state index contributed by atoms with van der Waals surface area (Å²) in [6, 6.07) is 0. The van der Waals surface area contributed by atoms with Crippen LogP contribution in [0.3, 0.4) is 0 Å². The van der Waals surface area contributed by atoms with Gasteiger partial charge in [0, 0.05) is 19.3 Å². The van der Waals surface area contributed by atoms with E-state index in [4.69, 9.17) is 14.2 Å². The summed E-state index contributed by atoms with van der Waals surface area (Å²) in [4.78, 5) is 37.9. The molecule has 0 saturated carbocycles. The normalized spacial score (nSPS) is 12.3. The van der Waals surface area contributed by atoms with Crippen LogP contribution in [0.4, 0.5) is 0 Å². The molecule has 0 aromatic rings. The van der Waals surface area contributed by atoms with Crippen LogP contribution in [0.2, 0.25) is 0 Å². The Labute approximate surface area is 435 Å². The number of rotatable bonds is 56. The van der Waals surface area contributed by atoms with Crippen LogP contribution >= 0.6 is 0 Å². The van der Waals surface area contributed by atoms with Gasteiger partial charge in [-0.1, -0.05) is 268 Å². The fourth-order valence-electron chi connectivity index (χ4n) is 8.92. The minimum Gasteiger partial charge on any atom is -0.462 e. The Hall–Kier alpha value is -2.63. The first-order valence-corrected chi connectivity index (χ1v) is 30.6. The Bertz CT molecular complexity index is 1220. The molecule has 70 heavy (non-hydrogen) atoms. The van der Waals surface area contributed by atoms with Crippen molar-refractivity contribution >= 4 is 17.9 Å². The number of esters is 3. The van der Waals surface area contributed by atoms with Gasteiger partial charge in [-0.25, -0.2) is 0 Å². The van der Waals surface area contributed by atoms with E-state index in [1.54, 1.807) is 0 Å². The van der Waals surface area contributed by atoms with Gasteiger partial charge < -0.3 is 14.2 Å². The molecule has 0 fully saturated rings. The number of unbranched alkanes of at least 4 members (excludes halogenated alkanes) is 37. The molecule has 6 nitrogen and oxygen atoms in total. The number of ether oxygens (including phenoxy) is 3. The van der Waals surface area contributed by atoms with Gasteiger partial charge in [0.15, 0.2) is 6.10 Å². The third kappa shape index (κ3) is 56.3.